The summed E-state index contributed by atoms with van der Waals surface area (Å²) in [7, 11) is 0. The first-order valence-electron chi connectivity index (χ1n) is 9.67. The summed E-state index contributed by atoms with van der Waals surface area (Å²) in [6.07, 6.45) is 12.7. The monoisotopic (exact) mass is 355 g/mol. The van der Waals surface area contributed by atoms with Crippen LogP contribution in [0.15, 0.2) is 47.6 Å². The molecule has 26 heavy (non-hydrogen) atoms. The van der Waals surface area contributed by atoms with Crippen molar-refractivity contribution in [3.05, 3.63) is 58.5 Å². The minimum atomic E-state index is -0.247. The second kappa shape index (κ2) is 11.4. The maximum absolute atomic E-state index is 12.4. The fourth-order valence-corrected chi connectivity index (χ4v) is 3.43. The van der Waals surface area contributed by atoms with Crippen molar-refractivity contribution in [2.45, 2.75) is 70.4 Å². The van der Waals surface area contributed by atoms with Crippen LogP contribution in [0.5, 0.6) is 0 Å². The molecule has 1 aliphatic carbocycles. The van der Waals surface area contributed by atoms with E-state index >= 15 is 0 Å². The molecule has 2 rings (SSSR count). The number of carbonyl (C=O) groups is 1. The number of azide groups is 1. The molecule has 1 saturated carbocycles. The van der Waals surface area contributed by atoms with Gasteiger partial charge in [-0.05, 0) is 61.8 Å². The molecule has 0 amide bonds. The van der Waals surface area contributed by atoms with Crippen molar-refractivity contribution in [1.82, 2.24) is 0 Å². The van der Waals surface area contributed by atoms with Gasteiger partial charge in [0.25, 0.3) is 0 Å². The molecule has 2 atom stereocenters. The van der Waals surface area contributed by atoms with E-state index in [1.807, 2.05) is 25.1 Å². The summed E-state index contributed by atoms with van der Waals surface area (Å²) < 4.78 is 5.85. The van der Waals surface area contributed by atoms with E-state index < -0.39 is 0 Å². The lowest BCUT2D eigenvalue weighted by Gasteiger charge is -2.28. The van der Waals surface area contributed by atoms with E-state index in [0.29, 0.717) is 11.5 Å². The van der Waals surface area contributed by atoms with Crippen LogP contribution >= 0.6 is 0 Å². The SMILES string of the molecule is C[C@H](CCC/C=C/[C@H](OC(=O)c1ccccc1)C1CCCCC1)N=[N+]=[N-]. The molecule has 0 unspecified atom stereocenters. The van der Waals surface area contributed by atoms with Crippen LogP contribution in [0.1, 0.15) is 68.6 Å². The lowest BCUT2D eigenvalue weighted by Crippen LogP contribution is -2.27. The normalized spacial score (nSPS) is 17.4. The van der Waals surface area contributed by atoms with Gasteiger partial charge in [0.1, 0.15) is 6.10 Å². The maximum atomic E-state index is 12.4. The summed E-state index contributed by atoms with van der Waals surface area (Å²) in [5.74, 6) is 0.164. The molecule has 0 aromatic heterocycles. The lowest BCUT2D eigenvalue weighted by molar-refractivity contribution is 0.0226. The zero-order valence-corrected chi connectivity index (χ0v) is 15.6. The summed E-state index contributed by atoms with van der Waals surface area (Å²) in [6, 6.07) is 9.22. The summed E-state index contributed by atoms with van der Waals surface area (Å²) in [4.78, 5) is 15.3. The lowest BCUT2D eigenvalue weighted by atomic mass is 9.85. The van der Waals surface area contributed by atoms with Gasteiger partial charge in [0.2, 0.25) is 0 Å². The maximum Gasteiger partial charge on any atom is 0.338 e. The van der Waals surface area contributed by atoms with Gasteiger partial charge in [0, 0.05) is 11.0 Å². The molecule has 5 heteroatoms. The Labute approximate surface area is 156 Å². The number of benzene rings is 1. The van der Waals surface area contributed by atoms with E-state index in [1.165, 1.54) is 19.3 Å². The average molecular weight is 355 g/mol. The minimum absolute atomic E-state index is 0.0263. The number of rotatable bonds is 9. The van der Waals surface area contributed by atoms with Gasteiger partial charge in [-0.25, -0.2) is 4.79 Å². The van der Waals surface area contributed by atoms with Gasteiger partial charge in [-0.3, -0.25) is 0 Å². The Morgan fingerprint density at radius 1 is 1.31 bits per heavy atom. The third-order valence-electron chi connectivity index (χ3n) is 4.93. The van der Waals surface area contributed by atoms with E-state index in [1.54, 1.807) is 12.1 Å². The van der Waals surface area contributed by atoms with E-state index in [2.05, 4.69) is 22.2 Å². The first-order chi connectivity index (χ1) is 12.7. The predicted molar refractivity (Wildman–Crippen MR) is 104 cm³/mol. The van der Waals surface area contributed by atoms with Gasteiger partial charge in [0.05, 0.1) is 5.56 Å². The van der Waals surface area contributed by atoms with Crippen molar-refractivity contribution >= 4 is 5.97 Å². The van der Waals surface area contributed by atoms with E-state index in [0.717, 1.165) is 32.1 Å². The molecule has 0 aliphatic heterocycles. The highest BCUT2D eigenvalue weighted by atomic mass is 16.5. The number of allylic oxidation sites excluding steroid dienone is 1. The van der Waals surface area contributed by atoms with Gasteiger partial charge in [-0.15, -0.1) is 0 Å². The first-order valence-corrected chi connectivity index (χ1v) is 9.67. The quantitative estimate of drug-likeness (QED) is 0.132. The molecule has 1 aromatic carbocycles. The summed E-state index contributed by atoms with van der Waals surface area (Å²) in [5, 5.41) is 3.69. The Bertz CT molecular complexity index is 617. The molecule has 1 aromatic rings. The Kier molecular flexibility index (Phi) is 8.77. The molecule has 1 aliphatic rings. The van der Waals surface area contributed by atoms with Crippen molar-refractivity contribution in [2.24, 2.45) is 11.0 Å². The molecule has 5 nitrogen and oxygen atoms in total. The van der Waals surface area contributed by atoms with Crippen LogP contribution in [0.25, 0.3) is 10.4 Å². The largest absolute Gasteiger partial charge is 0.454 e. The third-order valence-corrected chi connectivity index (χ3v) is 4.93. The van der Waals surface area contributed by atoms with Crippen molar-refractivity contribution in [2.75, 3.05) is 0 Å². The fraction of sp³-hybridized carbons (Fsp3) is 0.571. The molecule has 0 spiro atoms. The van der Waals surface area contributed by atoms with Crippen LogP contribution in [0.2, 0.25) is 0 Å². The second-order valence-corrected chi connectivity index (χ2v) is 7.05. The Morgan fingerprint density at radius 2 is 2.04 bits per heavy atom. The van der Waals surface area contributed by atoms with Crippen molar-refractivity contribution in [3.8, 4) is 0 Å². The number of ether oxygens (including phenoxy) is 1. The Hall–Kier alpha value is -2.26. The molecular weight excluding hydrogens is 326 g/mol. The highest BCUT2D eigenvalue weighted by Crippen LogP contribution is 2.29. The molecular formula is C21H29N3O2. The first kappa shape index (κ1) is 20.1. The molecule has 1 fully saturated rings. The molecule has 0 N–H and O–H groups in total. The molecule has 0 radical (unpaired) electrons. The second-order valence-electron chi connectivity index (χ2n) is 7.05. The van der Waals surface area contributed by atoms with Gasteiger partial charge in [-0.1, -0.05) is 55.6 Å². The van der Waals surface area contributed by atoms with E-state index in [4.69, 9.17) is 10.3 Å². The average Bonchev–Trinajstić information content (AvgIpc) is 2.68. The third kappa shape index (κ3) is 6.93. The molecule has 0 heterocycles. The van der Waals surface area contributed by atoms with Crippen molar-refractivity contribution in [3.63, 3.8) is 0 Å². The predicted octanol–water partition coefficient (Wildman–Crippen LogP) is 6.22. The molecule has 0 saturated heterocycles. The van der Waals surface area contributed by atoms with Crippen molar-refractivity contribution in [1.29, 1.82) is 0 Å². The highest BCUT2D eigenvalue weighted by molar-refractivity contribution is 5.89. The number of esters is 1. The topological polar surface area (TPSA) is 75.1 Å². The standard InChI is InChI=1S/C21H29N3O2/c1-17(23-24-22)11-5-2-10-16-20(18-12-6-3-7-13-18)26-21(25)19-14-8-4-9-15-19/h4,8-10,14-18,20H,2-3,5-7,11-13H2,1H3/b16-10+/t17-,20+/m1/s1. The number of carbonyl (C=O) groups excluding carboxylic acids is 1. The Balaban J connectivity index is 1.91. The van der Waals surface area contributed by atoms with Crippen molar-refractivity contribution < 1.29 is 9.53 Å². The smallest absolute Gasteiger partial charge is 0.338 e. The van der Waals surface area contributed by atoms with Crippen LogP contribution in [-0.4, -0.2) is 18.1 Å². The number of hydrogen-bond acceptors (Lipinski definition) is 3. The van der Waals surface area contributed by atoms with Crippen LogP contribution in [-0.2, 0) is 4.74 Å². The minimum Gasteiger partial charge on any atom is -0.454 e. The number of nitrogens with zero attached hydrogens (tertiary/aromatic N) is 3. The zero-order chi connectivity index (χ0) is 18.6. The van der Waals surface area contributed by atoms with Crippen LogP contribution in [0.4, 0.5) is 0 Å². The number of unbranched alkanes of at least 4 members (excludes halogenated alkanes) is 1. The fourth-order valence-electron chi connectivity index (χ4n) is 3.43. The van der Waals surface area contributed by atoms with E-state index in [-0.39, 0.29) is 18.1 Å². The number of hydrogen-bond donors (Lipinski definition) is 0. The van der Waals surface area contributed by atoms with Gasteiger partial charge < -0.3 is 4.74 Å². The molecule has 140 valence electrons. The Morgan fingerprint density at radius 3 is 2.73 bits per heavy atom. The van der Waals surface area contributed by atoms with Crippen LogP contribution in [0, 0.1) is 5.92 Å². The van der Waals surface area contributed by atoms with E-state index in [9.17, 15) is 4.79 Å². The van der Waals surface area contributed by atoms with Gasteiger partial charge in [-0.2, -0.15) is 0 Å². The van der Waals surface area contributed by atoms with Crippen LogP contribution < -0.4 is 0 Å². The summed E-state index contributed by atoms with van der Waals surface area (Å²) in [6.45, 7) is 1.93. The zero-order valence-electron chi connectivity index (χ0n) is 15.6. The summed E-state index contributed by atoms with van der Waals surface area (Å²) >= 11 is 0. The highest BCUT2D eigenvalue weighted by Gasteiger charge is 2.25. The van der Waals surface area contributed by atoms with Gasteiger partial charge >= 0.3 is 5.97 Å². The summed E-state index contributed by atoms with van der Waals surface area (Å²) in [5.41, 5.74) is 9.03. The molecule has 0 bridgehead atoms. The van der Waals surface area contributed by atoms with Gasteiger partial charge in [0.15, 0.2) is 0 Å². The van der Waals surface area contributed by atoms with Crippen LogP contribution in [0.3, 0.4) is 0 Å².